The molecule has 5 nitrogen and oxygen atoms in total. The summed E-state index contributed by atoms with van der Waals surface area (Å²) >= 11 is 0. The van der Waals surface area contributed by atoms with Gasteiger partial charge in [0.05, 0.1) is 0 Å². The number of nitrogens with one attached hydrogen (secondary N) is 1. The molecule has 2 N–H and O–H groups in total. The molecule has 0 heterocycles. The maximum atomic E-state index is 10.5. The number of allylic oxidation sites excluding steroid dienone is 1. The normalized spacial score (nSPS) is 11.8. The highest BCUT2D eigenvalue weighted by atomic mass is 32.2. The van der Waals surface area contributed by atoms with Crippen LogP contribution in [0.2, 0.25) is 0 Å². The Morgan fingerprint density at radius 2 is 2.18 bits per heavy atom. The first-order chi connectivity index (χ1) is 4.95. The molecule has 0 radical (unpaired) electrons. The predicted octanol–water partition coefficient (Wildman–Crippen LogP) is -0.476. The lowest BCUT2D eigenvalue weighted by Gasteiger charge is -1.96. The van der Waals surface area contributed by atoms with E-state index in [-0.39, 0.29) is 0 Å². The summed E-state index contributed by atoms with van der Waals surface area (Å²) in [6.07, 6.45) is 2.62. The van der Waals surface area contributed by atoms with Gasteiger partial charge in [0.15, 0.2) is 0 Å². The Hall–Kier alpha value is -0.880. The van der Waals surface area contributed by atoms with E-state index in [1.807, 2.05) is 5.32 Å². The lowest BCUT2D eigenvalue weighted by Crippen LogP contribution is -2.27. The van der Waals surface area contributed by atoms with Crippen molar-refractivity contribution in [1.82, 2.24) is 5.32 Å². The van der Waals surface area contributed by atoms with Crippen molar-refractivity contribution in [3.63, 3.8) is 0 Å². The molecular weight excluding hydrogens is 170 g/mol. The van der Waals surface area contributed by atoms with Crippen molar-refractivity contribution in [2.75, 3.05) is 5.88 Å². The van der Waals surface area contributed by atoms with Gasteiger partial charge in [-0.15, -0.1) is 0 Å². The van der Waals surface area contributed by atoms with Crippen LogP contribution in [-0.2, 0) is 14.9 Å². The van der Waals surface area contributed by atoms with Crippen molar-refractivity contribution in [2.24, 2.45) is 0 Å². The lowest BCUT2D eigenvalue weighted by molar-refractivity contribution is -0.116. The van der Waals surface area contributed by atoms with Crippen LogP contribution in [0.4, 0.5) is 0 Å². The minimum atomic E-state index is -4.10. The first-order valence-corrected chi connectivity index (χ1v) is 4.42. The summed E-state index contributed by atoms with van der Waals surface area (Å²) in [5.74, 6) is -1.30. The van der Waals surface area contributed by atoms with Crippen LogP contribution in [0.25, 0.3) is 0 Å². The van der Waals surface area contributed by atoms with E-state index < -0.39 is 21.9 Å². The molecule has 0 bridgehead atoms. The molecule has 0 aromatic rings. The van der Waals surface area contributed by atoms with Crippen LogP contribution in [0, 0.1) is 0 Å². The fourth-order valence-electron chi connectivity index (χ4n) is 0.373. The number of hydrogen-bond donors (Lipinski definition) is 2. The zero-order valence-electron chi connectivity index (χ0n) is 5.94. The van der Waals surface area contributed by atoms with Crippen LogP contribution in [0.1, 0.15) is 6.92 Å². The van der Waals surface area contributed by atoms with Crippen molar-refractivity contribution in [3.8, 4) is 0 Å². The second-order valence-corrected chi connectivity index (χ2v) is 3.22. The molecule has 0 aliphatic carbocycles. The second kappa shape index (κ2) is 4.09. The van der Waals surface area contributed by atoms with Crippen LogP contribution in [0.3, 0.4) is 0 Å². The van der Waals surface area contributed by atoms with E-state index in [2.05, 4.69) is 0 Å². The second-order valence-electron chi connectivity index (χ2n) is 1.77. The van der Waals surface area contributed by atoms with E-state index in [4.69, 9.17) is 4.55 Å². The molecule has 6 heteroatoms. The molecule has 0 aliphatic rings. The van der Waals surface area contributed by atoms with Gasteiger partial charge < -0.3 is 5.32 Å². The van der Waals surface area contributed by atoms with Gasteiger partial charge in [0.25, 0.3) is 10.1 Å². The highest BCUT2D eigenvalue weighted by Crippen LogP contribution is 1.78. The molecule has 0 saturated carbocycles. The monoisotopic (exact) mass is 179 g/mol. The van der Waals surface area contributed by atoms with Gasteiger partial charge in [-0.1, -0.05) is 6.08 Å². The topological polar surface area (TPSA) is 83.5 Å². The quantitative estimate of drug-likeness (QED) is 0.453. The SMILES string of the molecule is CC=CC(=O)NCS(=O)(=O)O. The summed E-state index contributed by atoms with van der Waals surface area (Å²) in [5, 5.41) is 1.96. The van der Waals surface area contributed by atoms with E-state index in [0.29, 0.717) is 0 Å². The van der Waals surface area contributed by atoms with E-state index in [9.17, 15) is 13.2 Å². The fourth-order valence-corrected chi connectivity index (χ4v) is 0.697. The molecule has 11 heavy (non-hydrogen) atoms. The molecule has 1 amide bonds. The summed E-state index contributed by atoms with van der Waals surface area (Å²) in [5.41, 5.74) is 0. The van der Waals surface area contributed by atoms with Gasteiger partial charge in [0.1, 0.15) is 5.88 Å². The molecule has 0 fully saturated rings. The molecule has 64 valence electrons. The molecule has 0 aromatic carbocycles. The van der Waals surface area contributed by atoms with E-state index in [1.165, 1.54) is 6.08 Å². The first-order valence-electron chi connectivity index (χ1n) is 2.81. The summed E-state index contributed by atoms with van der Waals surface area (Å²) in [6.45, 7) is 1.62. The smallest absolute Gasteiger partial charge is 0.283 e. The Labute approximate surface area is 64.8 Å². The standard InChI is InChI=1S/C5H9NO4S/c1-2-3-5(7)6-4-11(8,9)10/h2-3H,4H2,1H3,(H,6,7)(H,8,9,10). The van der Waals surface area contributed by atoms with Gasteiger partial charge in [-0.05, 0) is 13.0 Å². The third-order valence-electron chi connectivity index (χ3n) is 0.747. The molecule has 0 aromatic heterocycles. The Morgan fingerprint density at radius 1 is 1.64 bits per heavy atom. The van der Waals surface area contributed by atoms with Gasteiger partial charge in [-0.3, -0.25) is 9.35 Å². The average Bonchev–Trinajstić information content (AvgIpc) is 1.83. The van der Waals surface area contributed by atoms with Gasteiger partial charge in [-0.2, -0.15) is 8.42 Å². The molecule has 0 atom stereocenters. The minimum Gasteiger partial charge on any atom is -0.336 e. The van der Waals surface area contributed by atoms with E-state index >= 15 is 0 Å². The van der Waals surface area contributed by atoms with Crippen molar-refractivity contribution >= 4 is 16.0 Å². The Morgan fingerprint density at radius 3 is 2.55 bits per heavy atom. The van der Waals surface area contributed by atoms with Crippen LogP contribution >= 0.6 is 0 Å². The Kier molecular flexibility index (Phi) is 3.77. The molecular formula is C5H9NO4S. The predicted molar refractivity (Wildman–Crippen MR) is 39.4 cm³/mol. The number of amides is 1. The van der Waals surface area contributed by atoms with Gasteiger partial charge in [0, 0.05) is 0 Å². The van der Waals surface area contributed by atoms with Crippen molar-refractivity contribution < 1.29 is 17.8 Å². The minimum absolute atomic E-state index is 0.551. The number of carbonyl (C=O) groups excluding carboxylic acids is 1. The van der Waals surface area contributed by atoms with Gasteiger partial charge >= 0.3 is 0 Å². The Bertz CT molecular complexity index is 254. The van der Waals surface area contributed by atoms with Crippen LogP contribution < -0.4 is 5.32 Å². The van der Waals surface area contributed by atoms with Crippen molar-refractivity contribution in [3.05, 3.63) is 12.2 Å². The summed E-state index contributed by atoms with van der Waals surface area (Å²) in [7, 11) is -4.10. The number of hydrogen-bond acceptors (Lipinski definition) is 3. The zero-order chi connectivity index (χ0) is 8.91. The van der Waals surface area contributed by atoms with E-state index in [1.54, 1.807) is 6.92 Å². The average molecular weight is 179 g/mol. The zero-order valence-corrected chi connectivity index (χ0v) is 6.76. The van der Waals surface area contributed by atoms with E-state index in [0.717, 1.165) is 6.08 Å². The van der Waals surface area contributed by atoms with Crippen LogP contribution in [-0.4, -0.2) is 24.8 Å². The lowest BCUT2D eigenvalue weighted by atomic mass is 10.5. The Balaban J connectivity index is 3.82. The third-order valence-corrected chi connectivity index (χ3v) is 1.26. The summed E-state index contributed by atoms with van der Waals surface area (Å²) in [4.78, 5) is 10.5. The maximum Gasteiger partial charge on any atom is 0.283 e. The molecule has 0 aliphatic heterocycles. The highest BCUT2D eigenvalue weighted by Gasteiger charge is 2.04. The summed E-state index contributed by atoms with van der Waals surface area (Å²) < 4.78 is 28.3. The maximum absolute atomic E-state index is 10.5. The number of rotatable bonds is 3. The van der Waals surface area contributed by atoms with Crippen molar-refractivity contribution in [2.45, 2.75) is 6.92 Å². The number of carbonyl (C=O) groups is 1. The fraction of sp³-hybridized carbons (Fsp3) is 0.400. The molecule has 0 spiro atoms. The van der Waals surface area contributed by atoms with Crippen LogP contribution in [0.5, 0.6) is 0 Å². The summed E-state index contributed by atoms with van der Waals surface area (Å²) in [6, 6.07) is 0. The largest absolute Gasteiger partial charge is 0.336 e. The van der Waals surface area contributed by atoms with Crippen LogP contribution in [0.15, 0.2) is 12.2 Å². The molecule has 0 saturated heterocycles. The van der Waals surface area contributed by atoms with Gasteiger partial charge in [-0.25, -0.2) is 0 Å². The highest BCUT2D eigenvalue weighted by molar-refractivity contribution is 7.85. The van der Waals surface area contributed by atoms with Crippen molar-refractivity contribution in [1.29, 1.82) is 0 Å². The molecule has 0 unspecified atom stereocenters. The molecule has 0 rings (SSSR count). The first kappa shape index (κ1) is 10.1. The van der Waals surface area contributed by atoms with Gasteiger partial charge in [0.2, 0.25) is 5.91 Å². The third kappa shape index (κ3) is 7.01.